The van der Waals surface area contributed by atoms with E-state index >= 15 is 0 Å². The Kier molecular flexibility index (Phi) is 6.56. The minimum atomic E-state index is -2.84. The van der Waals surface area contributed by atoms with Crippen LogP contribution in [0.3, 0.4) is 0 Å². The van der Waals surface area contributed by atoms with E-state index in [1.165, 1.54) is 12.8 Å². The van der Waals surface area contributed by atoms with Crippen LogP contribution in [-0.4, -0.2) is 21.3 Å². The van der Waals surface area contributed by atoms with Crippen LogP contribution < -0.4 is 8.79 Å². The van der Waals surface area contributed by atoms with Crippen LogP contribution in [-0.2, 0) is 0 Å². The van der Waals surface area contributed by atoms with Gasteiger partial charge in [0.05, 0.1) is 0 Å². The maximum absolute atomic E-state index is 2.84. The monoisotopic (exact) mass is 450 g/mol. The Bertz CT molecular complexity index is 815. The van der Waals surface area contributed by atoms with Crippen molar-refractivity contribution in [1.29, 1.82) is 0 Å². The zero-order valence-electron chi connectivity index (χ0n) is 18.5. The van der Waals surface area contributed by atoms with Gasteiger partial charge in [-0.25, -0.2) is 0 Å². The van der Waals surface area contributed by atoms with Crippen molar-refractivity contribution in [3.63, 3.8) is 0 Å². The molecular formula is C26H36GeSi. The predicted octanol–water partition coefficient (Wildman–Crippen LogP) is 6.29. The van der Waals surface area contributed by atoms with Gasteiger partial charge >= 0.3 is 176 Å². The summed E-state index contributed by atoms with van der Waals surface area (Å²) in [6, 6.07) is 23.2. The first kappa shape index (κ1) is 21.4. The summed E-state index contributed by atoms with van der Waals surface area (Å²) in [4.78, 5) is 0. The Morgan fingerprint density at radius 1 is 0.821 bits per heavy atom. The first-order chi connectivity index (χ1) is 13.3. The molecule has 0 spiro atoms. The van der Waals surface area contributed by atoms with Crippen molar-refractivity contribution in [2.24, 2.45) is 5.92 Å². The predicted molar refractivity (Wildman–Crippen MR) is 131 cm³/mol. The molecule has 0 fully saturated rings. The van der Waals surface area contributed by atoms with Gasteiger partial charge in [0.1, 0.15) is 0 Å². The zero-order chi connectivity index (χ0) is 20.4. The van der Waals surface area contributed by atoms with Gasteiger partial charge in [0.25, 0.3) is 0 Å². The number of rotatable bonds is 7. The summed E-state index contributed by atoms with van der Waals surface area (Å²) in [6.07, 6.45) is 6.39. The molecule has 0 unspecified atom stereocenters. The number of hydrogen-bond acceptors (Lipinski definition) is 0. The summed E-state index contributed by atoms with van der Waals surface area (Å²) >= 11 is -2.84. The van der Waals surface area contributed by atoms with Crippen molar-refractivity contribution in [3.05, 3.63) is 80.7 Å². The fourth-order valence-electron chi connectivity index (χ4n) is 4.85. The van der Waals surface area contributed by atoms with E-state index in [-0.39, 0.29) is 0 Å². The van der Waals surface area contributed by atoms with Gasteiger partial charge in [0.15, 0.2) is 0 Å². The molecule has 0 nitrogen and oxygen atoms in total. The molecule has 0 aliphatic carbocycles. The van der Waals surface area contributed by atoms with Crippen molar-refractivity contribution in [2.45, 2.75) is 59.7 Å². The third-order valence-electron chi connectivity index (χ3n) is 6.14. The van der Waals surface area contributed by atoms with Gasteiger partial charge in [-0.05, 0) is 0 Å². The Morgan fingerprint density at radius 2 is 1.32 bits per heavy atom. The molecule has 0 bridgehead atoms. The molecule has 0 saturated carbocycles. The van der Waals surface area contributed by atoms with Gasteiger partial charge in [-0.15, -0.1) is 0 Å². The van der Waals surface area contributed by atoms with Crippen LogP contribution in [0.15, 0.2) is 80.7 Å². The fourth-order valence-corrected chi connectivity index (χ4v) is 26.4. The normalized spacial score (nSPS) is 16.6. The van der Waals surface area contributed by atoms with E-state index < -0.39 is 21.3 Å². The van der Waals surface area contributed by atoms with Crippen LogP contribution >= 0.6 is 0 Å². The zero-order valence-corrected chi connectivity index (χ0v) is 21.6. The molecule has 0 atom stereocenters. The third kappa shape index (κ3) is 3.89. The van der Waals surface area contributed by atoms with Gasteiger partial charge in [0.2, 0.25) is 0 Å². The van der Waals surface area contributed by atoms with Gasteiger partial charge in [-0.2, -0.15) is 0 Å². The van der Waals surface area contributed by atoms with Crippen molar-refractivity contribution >= 4 is 30.1 Å². The van der Waals surface area contributed by atoms with Gasteiger partial charge in [-0.1, -0.05) is 0 Å². The van der Waals surface area contributed by atoms with Crippen molar-refractivity contribution in [3.8, 4) is 0 Å². The molecule has 2 aromatic rings. The molecule has 148 valence electrons. The second-order valence-electron chi connectivity index (χ2n) is 9.58. The van der Waals surface area contributed by atoms with Crippen LogP contribution in [0.25, 0.3) is 0 Å². The van der Waals surface area contributed by atoms with E-state index in [4.69, 9.17) is 0 Å². The van der Waals surface area contributed by atoms with Crippen molar-refractivity contribution in [2.75, 3.05) is 0 Å². The number of hydrogen-bond donors (Lipinski definition) is 0. The summed E-state index contributed by atoms with van der Waals surface area (Å²) in [5.74, 6) is 0.744. The van der Waals surface area contributed by atoms with E-state index in [2.05, 4.69) is 107 Å². The molecule has 0 amide bonds. The van der Waals surface area contributed by atoms with Crippen LogP contribution in [0, 0.1) is 5.92 Å². The molecule has 28 heavy (non-hydrogen) atoms. The van der Waals surface area contributed by atoms with Gasteiger partial charge in [-0.3, -0.25) is 0 Å². The van der Waals surface area contributed by atoms with E-state index in [1.807, 2.05) is 8.43 Å². The Labute approximate surface area is 176 Å². The van der Waals surface area contributed by atoms with Gasteiger partial charge < -0.3 is 0 Å². The van der Waals surface area contributed by atoms with Crippen LogP contribution in [0.4, 0.5) is 0 Å². The molecule has 1 heterocycles. The maximum atomic E-state index is 2.68. The molecule has 0 radical (unpaired) electrons. The SMILES string of the molecule is CCC1=[C](CCC(C)C)[Ge]([c]2ccccc2)([c]2ccccc2)[C]([Si](C)(C)C)=C1. The van der Waals surface area contributed by atoms with E-state index in [1.54, 1.807) is 14.4 Å². The third-order valence-corrected chi connectivity index (χ3v) is 24.7. The van der Waals surface area contributed by atoms with Crippen molar-refractivity contribution < 1.29 is 0 Å². The molecule has 0 saturated heterocycles. The summed E-state index contributed by atoms with van der Waals surface area (Å²) in [6.45, 7) is 14.8. The molecule has 0 aromatic heterocycles. The molecule has 1 aliphatic rings. The van der Waals surface area contributed by atoms with E-state index in [0.717, 1.165) is 12.3 Å². The Balaban J connectivity index is 2.36. The Hall–Kier alpha value is -1.32. The first-order valence-electron chi connectivity index (χ1n) is 10.9. The van der Waals surface area contributed by atoms with Gasteiger partial charge in [0, 0.05) is 0 Å². The van der Waals surface area contributed by atoms with E-state index in [9.17, 15) is 0 Å². The summed E-state index contributed by atoms with van der Waals surface area (Å²) < 4.78 is 6.96. The number of benzene rings is 2. The molecule has 0 N–H and O–H groups in total. The second kappa shape index (κ2) is 8.59. The molecular weight excluding hydrogens is 413 g/mol. The average molecular weight is 449 g/mol. The fraction of sp³-hybridized carbons (Fsp3) is 0.385. The summed E-state index contributed by atoms with van der Waals surface area (Å²) in [5, 5.41) is 0. The molecule has 2 heteroatoms. The molecule has 2 aromatic carbocycles. The molecule has 1 aliphatic heterocycles. The molecule has 3 rings (SSSR count). The first-order valence-corrected chi connectivity index (χ1v) is 18.6. The topological polar surface area (TPSA) is 0 Å². The number of allylic oxidation sites excluding steroid dienone is 3. The Morgan fingerprint density at radius 3 is 1.71 bits per heavy atom. The van der Waals surface area contributed by atoms with Crippen LogP contribution in [0.1, 0.15) is 40.0 Å². The average Bonchev–Trinajstić information content (AvgIpc) is 3.03. The quantitative estimate of drug-likeness (QED) is 0.436. The standard InChI is InChI=1S/C26H36GeSi/c1-7-22-20-26(28(4,5)6)27(23-14-10-8-11-15-23,24-16-12-9-13-17-24)25(22)19-18-21(2)3/h8-17,20-21H,7,18-19H2,1-6H3. The second-order valence-corrected chi connectivity index (χ2v) is 23.6. The van der Waals surface area contributed by atoms with Crippen LogP contribution in [0.5, 0.6) is 0 Å². The van der Waals surface area contributed by atoms with E-state index in [0.29, 0.717) is 0 Å². The summed E-state index contributed by atoms with van der Waals surface area (Å²) in [7, 11) is -1.48. The minimum absolute atomic E-state index is 0.744. The van der Waals surface area contributed by atoms with Crippen LogP contribution in [0.2, 0.25) is 19.6 Å². The summed E-state index contributed by atoms with van der Waals surface area (Å²) in [5.41, 5.74) is 1.66. The van der Waals surface area contributed by atoms with Crippen molar-refractivity contribution in [1.82, 2.24) is 0 Å².